The van der Waals surface area contributed by atoms with E-state index in [-0.39, 0.29) is 23.4 Å². The van der Waals surface area contributed by atoms with E-state index in [2.05, 4.69) is 15.8 Å². The van der Waals surface area contributed by atoms with Crippen LogP contribution in [-0.2, 0) is 4.79 Å². The fourth-order valence-corrected chi connectivity index (χ4v) is 2.48. The van der Waals surface area contributed by atoms with E-state index in [0.29, 0.717) is 21.4 Å². The van der Waals surface area contributed by atoms with Crippen molar-refractivity contribution in [1.82, 2.24) is 5.43 Å². The molecule has 28 heavy (non-hydrogen) atoms. The number of nitrogens with two attached hydrogens (primary N) is 1. The number of nitrogens with zero attached hydrogens (tertiary/aromatic N) is 2. The summed E-state index contributed by atoms with van der Waals surface area (Å²) in [6.07, 6.45) is -0.125. The van der Waals surface area contributed by atoms with Gasteiger partial charge in [-0.25, -0.2) is 5.43 Å². The Morgan fingerprint density at radius 1 is 1.21 bits per heavy atom. The van der Waals surface area contributed by atoms with Crippen molar-refractivity contribution in [3.05, 3.63) is 62.1 Å². The third-order valence-electron chi connectivity index (χ3n) is 3.38. The Kier molecular flexibility index (Phi) is 6.91. The van der Waals surface area contributed by atoms with E-state index in [4.69, 9.17) is 28.9 Å². The molecule has 2 aromatic rings. The first-order chi connectivity index (χ1) is 13.2. The van der Waals surface area contributed by atoms with E-state index < -0.39 is 16.7 Å². The monoisotopic (exact) mass is 423 g/mol. The predicted molar refractivity (Wildman–Crippen MR) is 108 cm³/mol. The summed E-state index contributed by atoms with van der Waals surface area (Å²) in [5, 5.41) is 18.0. The molecule has 9 nitrogen and oxygen atoms in total. The Morgan fingerprint density at radius 2 is 1.93 bits per heavy atom. The second-order valence-corrected chi connectivity index (χ2v) is 6.55. The standard InChI is InChI=1S/C17H15Cl2N5O4/c1-9(4-16(25)21-15-7-11(18)2-3-14(15)19)22-23-17(26)10-5-12(20)8-13(6-10)24(27)28/h2-3,5-8H,4,20H2,1H3,(H,21,25)(H,23,26). The molecule has 0 saturated heterocycles. The zero-order chi connectivity index (χ0) is 20.8. The third kappa shape index (κ3) is 5.93. The fourth-order valence-electron chi connectivity index (χ4n) is 2.14. The Morgan fingerprint density at radius 3 is 2.61 bits per heavy atom. The number of carbonyl (C=O) groups is 2. The molecule has 11 heteroatoms. The van der Waals surface area contributed by atoms with Crippen LogP contribution in [0.15, 0.2) is 41.5 Å². The van der Waals surface area contributed by atoms with Gasteiger partial charge in [0.25, 0.3) is 11.6 Å². The van der Waals surface area contributed by atoms with Crippen LogP contribution in [0.2, 0.25) is 10.0 Å². The molecular formula is C17H15Cl2N5O4. The van der Waals surface area contributed by atoms with Crippen molar-refractivity contribution in [3.63, 3.8) is 0 Å². The van der Waals surface area contributed by atoms with Crippen molar-refractivity contribution < 1.29 is 14.5 Å². The van der Waals surface area contributed by atoms with E-state index in [1.807, 2.05) is 0 Å². The molecule has 0 aliphatic carbocycles. The number of nitrogen functional groups attached to an aromatic ring is 1. The smallest absolute Gasteiger partial charge is 0.272 e. The van der Waals surface area contributed by atoms with E-state index >= 15 is 0 Å². The lowest BCUT2D eigenvalue weighted by molar-refractivity contribution is -0.384. The number of hydrogen-bond acceptors (Lipinski definition) is 6. The third-order valence-corrected chi connectivity index (χ3v) is 3.94. The van der Waals surface area contributed by atoms with Gasteiger partial charge in [-0.05, 0) is 31.2 Å². The number of nitro groups is 1. The van der Waals surface area contributed by atoms with E-state index in [0.717, 1.165) is 12.1 Å². The molecule has 0 spiro atoms. The van der Waals surface area contributed by atoms with Crippen LogP contribution < -0.4 is 16.5 Å². The minimum absolute atomic E-state index is 0.0292. The zero-order valence-electron chi connectivity index (χ0n) is 14.5. The van der Waals surface area contributed by atoms with Gasteiger partial charge in [-0.15, -0.1) is 0 Å². The van der Waals surface area contributed by atoms with Crippen LogP contribution in [0.3, 0.4) is 0 Å². The van der Waals surface area contributed by atoms with Crippen molar-refractivity contribution in [1.29, 1.82) is 0 Å². The van der Waals surface area contributed by atoms with Gasteiger partial charge in [-0.3, -0.25) is 19.7 Å². The lowest BCUT2D eigenvalue weighted by atomic mass is 10.1. The van der Waals surface area contributed by atoms with Crippen molar-refractivity contribution in [2.24, 2.45) is 5.10 Å². The number of nitro benzene ring substituents is 1. The van der Waals surface area contributed by atoms with E-state index in [1.54, 1.807) is 12.1 Å². The summed E-state index contributed by atoms with van der Waals surface area (Å²) >= 11 is 11.8. The van der Waals surface area contributed by atoms with Crippen molar-refractivity contribution in [3.8, 4) is 0 Å². The molecule has 0 atom stereocenters. The van der Waals surface area contributed by atoms with Gasteiger partial charge in [0.05, 0.1) is 27.6 Å². The van der Waals surface area contributed by atoms with Gasteiger partial charge in [0.15, 0.2) is 0 Å². The van der Waals surface area contributed by atoms with Crippen LogP contribution >= 0.6 is 23.2 Å². The first kappa shape index (κ1) is 21.1. The van der Waals surface area contributed by atoms with Gasteiger partial charge >= 0.3 is 0 Å². The molecule has 0 aliphatic heterocycles. The maximum Gasteiger partial charge on any atom is 0.272 e. The SMILES string of the molecule is CC(CC(=O)Nc1cc(Cl)ccc1Cl)=NNC(=O)c1cc(N)cc([N+](=O)[O-])c1. The molecule has 0 radical (unpaired) electrons. The minimum atomic E-state index is -0.701. The molecule has 0 aliphatic rings. The number of carbonyl (C=O) groups excluding carboxylic acids is 2. The van der Waals surface area contributed by atoms with Crippen molar-refractivity contribution >= 4 is 57.8 Å². The first-order valence-electron chi connectivity index (χ1n) is 7.79. The molecule has 0 aromatic heterocycles. The highest BCUT2D eigenvalue weighted by molar-refractivity contribution is 6.35. The molecule has 0 unspecified atom stereocenters. The van der Waals surface area contributed by atoms with Crippen LogP contribution in [0.1, 0.15) is 23.7 Å². The van der Waals surface area contributed by atoms with E-state index in [9.17, 15) is 19.7 Å². The largest absolute Gasteiger partial charge is 0.399 e. The Balaban J connectivity index is 2.00. The normalized spacial score (nSPS) is 11.0. The quantitative estimate of drug-likeness (QED) is 0.281. The summed E-state index contributed by atoms with van der Waals surface area (Å²) in [4.78, 5) is 34.4. The Hall–Kier alpha value is -3.17. The molecule has 2 aromatic carbocycles. The van der Waals surface area contributed by atoms with Gasteiger partial charge < -0.3 is 11.1 Å². The predicted octanol–water partition coefficient (Wildman–Crippen LogP) is 3.62. The summed E-state index contributed by atoms with van der Waals surface area (Å²) in [6.45, 7) is 1.53. The number of non-ortho nitro benzene ring substituents is 1. The maximum atomic E-state index is 12.1. The first-order valence-corrected chi connectivity index (χ1v) is 8.54. The highest BCUT2D eigenvalue weighted by atomic mass is 35.5. The lowest BCUT2D eigenvalue weighted by Gasteiger charge is -2.08. The number of benzene rings is 2. The number of anilines is 2. The highest BCUT2D eigenvalue weighted by Gasteiger charge is 2.14. The number of nitrogens with one attached hydrogen (secondary N) is 2. The molecule has 2 amide bonds. The van der Waals surface area contributed by atoms with Gasteiger partial charge in [0, 0.05) is 28.6 Å². The van der Waals surface area contributed by atoms with Gasteiger partial charge in [0.1, 0.15) is 0 Å². The van der Waals surface area contributed by atoms with Crippen LogP contribution in [0.5, 0.6) is 0 Å². The van der Waals surface area contributed by atoms with Crippen molar-refractivity contribution in [2.45, 2.75) is 13.3 Å². The lowest BCUT2D eigenvalue weighted by Crippen LogP contribution is -2.21. The number of amides is 2. The second-order valence-electron chi connectivity index (χ2n) is 5.71. The van der Waals surface area contributed by atoms with Gasteiger partial charge in [-0.2, -0.15) is 5.10 Å². The molecule has 0 heterocycles. The summed E-state index contributed by atoms with van der Waals surface area (Å²) in [5.74, 6) is -1.12. The van der Waals surface area contributed by atoms with Crippen LogP contribution in [0, 0.1) is 10.1 Å². The number of hydrazone groups is 1. The Bertz CT molecular complexity index is 978. The topological polar surface area (TPSA) is 140 Å². The summed E-state index contributed by atoms with van der Waals surface area (Å²) in [6, 6.07) is 8.12. The molecule has 4 N–H and O–H groups in total. The summed E-state index contributed by atoms with van der Waals surface area (Å²) < 4.78 is 0. The number of halogens is 2. The van der Waals surface area contributed by atoms with Crippen LogP contribution in [0.25, 0.3) is 0 Å². The molecular weight excluding hydrogens is 409 g/mol. The molecule has 0 saturated carbocycles. The molecule has 0 fully saturated rings. The van der Waals surface area contributed by atoms with Gasteiger partial charge in [-0.1, -0.05) is 23.2 Å². The molecule has 2 rings (SSSR count). The molecule has 0 bridgehead atoms. The second kappa shape index (κ2) is 9.16. The average Bonchev–Trinajstić information content (AvgIpc) is 2.62. The van der Waals surface area contributed by atoms with Gasteiger partial charge in [0.2, 0.25) is 5.91 Å². The van der Waals surface area contributed by atoms with E-state index in [1.165, 1.54) is 19.1 Å². The van der Waals surface area contributed by atoms with Crippen LogP contribution in [-0.4, -0.2) is 22.4 Å². The summed E-state index contributed by atoms with van der Waals surface area (Å²) in [7, 11) is 0. The maximum absolute atomic E-state index is 12.1. The van der Waals surface area contributed by atoms with Crippen LogP contribution in [0.4, 0.5) is 17.1 Å². The average molecular weight is 424 g/mol. The number of rotatable bonds is 6. The Labute approximate surface area is 169 Å². The minimum Gasteiger partial charge on any atom is -0.399 e. The molecule has 146 valence electrons. The fraction of sp³-hybridized carbons (Fsp3) is 0.118. The highest BCUT2D eigenvalue weighted by Crippen LogP contribution is 2.25. The zero-order valence-corrected chi connectivity index (χ0v) is 16.0. The summed E-state index contributed by atoms with van der Waals surface area (Å²) in [5.41, 5.74) is 8.15. The van der Waals surface area contributed by atoms with Crippen molar-refractivity contribution in [2.75, 3.05) is 11.1 Å². The number of hydrogen-bond donors (Lipinski definition) is 3.